The number of nitrogens with zero attached hydrogens (tertiary/aromatic N) is 1. The predicted molar refractivity (Wildman–Crippen MR) is 127 cm³/mol. The minimum Gasteiger partial charge on any atom is -0.378 e. The van der Waals surface area contributed by atoms with E-state index in [1.807, 2.05) is 37.3 Å². The third kappa shape index (κ3) is 5.43. The number of benzene rings is 2. The lowest BCUT2D eigenvalue weighted by atomic mass is 10.1. The lowest BCUT2D eigenvalue weighted by Gasteiger charge is -2.27. The Hall–Kier alpha value is -2.75. The fraction of sp³-hybridized carbons (Fsp3) is 0.250. The van der Waals surface area contributed by atoms with Gasteiger partial charge in [-0.3, -0.25) is 9.59 Å². The number of morpholine rings is 1. The quantitative estimate of drug-likeness (QED) is 0.485. The molecule has 172 valence electrons. The van der Waals surface area contributed by atoms with Crippen LogP contribution in [0.5, 0.6) is 0 Å². The van der Waals surface area contributed by atoms with Gasteiger partial charge in [-0.15, -0.1) is 23.1 Å². The predicted octanol–water partition coefficient (Wildman–Crippen LogP) is 5.20. The first-order valence-electron chi connectivity index (χ1n) is 10.4. The van der Waals surface area contributed by atoms with E-state index < -0.39 is 11.6 Å². The molecule has 4 rings (SSSR count). The van der Waals surface area contributed by atoms with Crippen molar-refractivity contribution in [3.8, 4) is 10.4 Å². The summed E-state index contributed by atoms with van der Waals surface area (Å²) in [5.41, 5.74) is 2.26. The molecule has 3 aromatic rings. The normalized spacial score (nSPS) is 13.7. The van der Waals surface area contributed by atoms with Crippen LogP contribution >= 0.6 is 23.1 Å². The van der Waals surface area contributed by atoms with Gasteiger partial charge in [0, 0.05) is 22.9 Å². The number of anilines is 1. The van der Waals surface area contributed by atoms with Crippen LogP contribution in [-0.4, -0.2) is 48.8 Å². The van der Waals surface area contributed by atoms with Crippen molar-refractivity contribution >= 4 is 39.9 Å². The average Bonchev–Trinajstić information content (AvgIpc) is 3.16. The van der Waals surface area contributed by atoms with Gasteiger partial charge in [0.15, 0.2) is 11.6 Å². The molecule has 5 nitrogen and oxygen atoms in total. The van der Waals surface area contributed by atoms with Gasteiger partial charge < -0.3 is 15.0 Å². The van der Waals surface area contributed by atoms with Gasteiger partial charge in [-0.1, -0.05) is 30.3 Å². The molecule has 9 heteroatoms. The summed E-state index contributed by atoms with van der Waals surface area (Å²) in [5, 5.41) is 3.35. The molecular formula is C24H22F2N2O3S2. The van der Waals surface area contributed by atoms with Crippen molar-refractivity contribution in [1.29, 1.82) is 0 Å². The molecule has 1 saturated heterocycles. The molecule has 0 bridgehead atoms. The van der Waals surface area contributed by atoms with E-state index in [0.29, 0.717) is 41.8 Å². The Morgan fingerprint density at radius 3 is 2.52 bits per heavy atom. The van der Waals surface area contributed by atoms with Crippen molar-refractivity contribution in [2.45, 2.75) is 11.8 Å². The maximum atomic E-state index is 13.4. The number of halogens is 2. The van der Waals surface area contributed by atoms with Crippen molar-refractivity contribution in [2.24, 2.45) is 0 Å². The van der Waals surface area contributed by atoms with Crippen molar-refractivity contribution in [2.75, 3.05) is 37.4 Å². The summed E-state index contributed by atoms with van der Waals surface area (Å²) in [6.07, 6.45) is 0. The van der Waals surface area contributed by atoms with Crippen LogP contribution in [0.25, 0.3) is 10.4 Å². The minimum absolute atomic E-state index is 0.00608. The van der Waals surface area contributed by atoms with Crippen LogP contribution in [0.3, 0.4) is 0 Å². The highest BCUT2D eigenvalue weighted by Gasteiger charge is 2.28. The number of carbonyl (C=O) groups excluding carboxylic acids is 2. The fourth-order valence-electron chi connectivity index (χ4n) is 3.53. The average molecular weight is 489 g/mol. The first kappa shape index (κ1) is 23.4. The van der Waals surface area contributed by atoms with E-state index in [9.17, 15) is 18.4 Å². The maximum absolute atomic E-state index is 13.4. The number of amides is 2. The first-order chi connectivity index (χ1) is 15.9. The zero-order valence-corrected chi connectivity index (χ0v) is 19.5. The molecule has 1 N–H and O–H groups in total. The van der Waals surface area contributed by atoms with Gasteiger partial charge in [0.2, 0.25) is 5.91 Å². The topological polar surface area (TPSA) is 58.6 Å². The molecule has 0 unspecified atom stereocenters. The van der Waals surface area contributed by atoms with E-state index in [1.165, 1.54) is 17.4 Å². The SMILES string of the molecule is Cc1c(-c2ccccc2)sc(NC(=O)CSc2ccc(F)c(F)c2)c1C(=O)N1CCOCC1. The Labute approximate surface area is 198 Å². The number of thioether (sulfide) groups is 1. The van der Waals surface area contributed by atoms with Gasteiger partial charge in [0.1, 0.15) is 5.00 Å². The molecule has 2 amide bonds. The van der Waals surface area contributed by atoms with E-state index in [1.54, 1.807) is 4.90 Å². The van der Waals surface area contributed by atoms with E-state index in [4.69, 9.17) is 4.74 Å². The summed E-state index contributed by atoms with van der Waals surface area (Å²) in [6.45, 7) is 3.83. The van der Waals surface area contributed by atoms with Crippen molar-refractivity contribution in [3.63, 3.8) is 0 Å². The second kappa shape index (κ2) is 10.5. The summed E-state index contributed by atoms with van der Waals surface area (Å²) < 4.78 is 31.9. The summed E-state index contributed by atoms with van der Waals surface area (Å²) >= 11 is 2.45. The second-order valence-corrected chi connectivity index (χ2v) is 9.51. The van der Waals surface area contributed by atoms with Crippen LogP contribution in [-0.2, 0) is 9.53 Å². The summed E-state index contributed by atoms with van der Waals surface area (Å²) in [5.74, 6) is -2.37. The minimum atomic E-state index is -0.958. The largest absolute Gasteiger partial charge is 0.378 e. The van der Waals surface area contributed by atoms with E-state index in [-0.39, 0.29) is 17.6 Å². The lowest BCUT2D eigenvalue weighted by molar-refractivity contribution is -0.113. The molecule has 0 atom stereocenters. The number of carbonyl (C=O) groups is 2. The Bertz CT molecular complexity index is 1160. The smallest absolute Gasteiger partial charge is 0.257 e. The zero-order chi connectivity index (χ0) is 23.4. The Kier molecular flexibility index (Phi) is 7.42. The molecule has 0 spiro atoms. The number of hydrogen-bond donors (Lipinski definition) is 1. The lowest BCUT2D eigenvalue weighted by Crippen LogP contribution is -2.41. The van der Waals surface area contributed by atoms with Crippen LogP contribution < -0.4 is 5.32 Å². The highest BCUT2D eigenvalue weighted by molar-refractivity contribution is 8.00. The monoisotopic (exact) mass is 488 g/mol. The van der Waals surface area contributed by atoms with Crippen LogP contribution in [0.4, 0.5) is 13.8 Å². The highest BCUT2D eigenvalue weighted by Crippen LogP contribution is 2.40. The van der Waals surface area contributed by atoms with Gasteiger partial charge in [0.05, 0.1) is 24.5 Å². The van der Waals surface area contributed by atoms with Crippen LogP contribution in [0.2, 0.25) is 0 Å². The van der Waals surface area contributed by atoms with Crippen molar-refractivity contribution in [1.82, 2.24) is 4.90 Å². The van der Waals surface area contributed by atoms with Crippen LogP contribution in [0.1, 0.15) is 15.9 Å². The molecule has 0 saturated carbocycles. The molecule has 2 heterocycles. The zero-order valence-electron chi connectivity index (χ0n) is 17.9. The molecule has 1 aliphatic heterocycles. The first-order valence-corrected chi connectivity index (χ1v) is 12.2. The van der Waals surface area contributed by atoms with E-state index in [2.05, 4.69) is 5.32 Å². The van der Waals surface area contributed by atoms with Gasteiger partial charge in [-0.05, 0) is 36.2 Å². The second-order valence-electron chi connectivity index (χ2n) is 7.44. The van der Waals surface area contributed by atoms with Crippen molar-refractivity contribution < 1.29 is 23.1 Å². The number of nitrogens with one attached hydrogen (secondary N) is 1. The summed E-state index contributed by atoms with van der Waals surface area (Å²) in [4.78, 5) is 29.2. The van der Waals surface area contributed by atoms with Crippen molar-refractivity contribution in [3.05, 3.63) is 71.3 Å². The molecule has 0 radical (unpaired) electrons. The number of thiophene rings is 1. The number of hydrogen-bond acceptors (Lipinski definition) is 5. The van der Waals surface area contributed by atoms with E-state index in [0.717, 1.165) is 39.9 Å². The van der Waals surface area contributed by atoms with Gasteiger partial charge in [-0.2, -0.15) is 0 Å². The number of ether oxygens (including phenoxy) is 1. The summed E-state index contributed by atoms with van der Waals surface area (Å²) in [7, 11) is 0. The number of rotatable bonds is 6. The molecule has 1 aromatic heterocycles. The van der Waals surface area contributed by atoms with Gasteiger partial charge in [0.25, 0.3) is 5.91 Å². The Morgan fingerprint density at radius 2 is 1.82 bits per heavy atom. The standard InChI is InChI=1S/C24H22F2N2O3S2/c1-15-21(24(30)28-9-11-31-12-10-28)23(33-22(15)16-5-3-2-4-6-16)27-20(29)14-32-17-7-8-18(25)19(26)13-17/h2-8,13H,9-12,14H2,1H3,(H,27,29). The third-order valence-electron chi connectivity index (χ3n) is 5.21. The molecular weight excluding hydrogens is 466 g/mol. The van der Waals surface area contributed by atoms with Crippen LogP contribution in [0, 0.1) is 18.6 Å². The molecule has 1 fully saturated rings. The Morgan fingerprint density at radius 1 is 1.09 bits per heavy atom. The molecule has 33 heavy (non-hydrogen) atoms. The molecule has 1 aliphatic rings. The van der Waals surface area contributed by atoms with Gasteiger partial charge >= 0.3 is 0 Å². The third-order valence-corrected chi connectivity index (χ3v) is 7.46. The maximum Gasteiger partial charge on any atom is 0.257 e. The Balaban J connectivity index is 1.58. The summed E-state index contributed by atoms with van der Waals surface area (Å²) in [6, 6.07) is 13.2. The fourth-order valence-corrected chi connectivity index (χ4v) is 5.47. The van der Waals surface area contributed by atoms with Crippen LogP contribution in [0.15, 0.2) is 53.4 Å². The van der Waals surface area contributed by atoms with E-state index >= 15 is 0 Å². The van der Waals surface area contributed by atoms with Gasteiger partial charge in [-0.25, -0.2) is 8.78 Å². The molecule has 2 aromatic carbocycles. The highest BCUT2D eigenvalue weighted by atomic mass is 32.2. The molecule has 0 aliphatic carbocycles.